The maximum Gasteiger partial charge on any atom is 0.254 e. The van der Waals surface area contributed by atoms with Gasteiger partial charge in [-0.25, -0.2) is 27.5 Å². The highest BCUT2D eigenvalue weighted by Gasteiger charge is 2.22. The second kappa shape index (κ2) is 17.9. The summed E-state index contributed by atoms with van der Waals surface area (Å²) in [5.74, 6) is -7.24. The number of hydrogen-bond acceptors (Lipinski definition) is 9. The molecular formula is C41H30BrF4N5O4S2. The smallest absolute Gasteiger partial charge is 0.254 e. The molecule has 16 heteroatoms. The Morgan fingerprint density at radius 3 is 1.60 bits per heavy atom. The zero-order chi connectivity index (χ0) is 40.8. The van der Waals surface area contributed by atoms with Gasteiger partial charge in [-0.3, -0.25) is 14.6 Å². The molecule has 0 aliphatic carbocycles. The Kier molecular flexibility index (Phi) is 12.8. The van der Waals surface area contributed by atoms with Gasteiger partial charge >= 0.3 is 0 Å². The van der Waals surface area contributed by atoms with Gasteiger partial charge in [0, 0.05) is 17.3 Å². The van der Waals surface area contributed by atoms with Crippen LogP contribution in [0.4, 0.5) is 17.6 Å². The number of rotatable bonds is 11. The number of amides is 2. The van der Waals surface area contributed by atoms with Crippen molar-refractivity contribution in [2.24, 2.45) is 11.5 Å². The lowest BCUT2D eigenvalue weighted by Crippen LogP contribution is -2.16. The van der Waals surface area contributed by atoms with Crippen molar-refractivity contribution < 1.29 is 36.6 Å². The van der Waals surface area contributed by atoms with Crippen molar-refractivity contribution in [3.63, 3.8) is 0 Å². The molecule has 0 fully saturated rings. The van der Waals surface area contributed by atoms with E-state index in [0.717, 1.165) is 72.3 Å². The van der Waals surface area contributed by atoms with Crippen molar-refractivity contribution in [1.82, 2.24) is 15.0 Å². The summed E-state index contributed by atoms with van der Waals surface area (Å²) >= 11 is 6.18. The normalized spacial score (nSPS) is 10.8. The van der Waals surface area contributed by atoms with Gasteiger partial charge in [0.1, 0.15) is 46.0 Å². The van der Waals surface area contributed by atoms with Crippen LogP contribution in [0, 0.1) is 37.1 Å². The predicted molar refractivity (Wildman–Crippen MR) is 214 cm³/mol. The summed E-state index contributed by atoms with van der Waals surface area (Å²) in [4.78, 5) is 36.9. The minimum Gasteiger partial charge on any atom is -0.483 e. The second-order valence-corrected chi connectivity index (χ2v) is 15.7. The standard InChI is InChI=1S/C23H17F2N3O2S.C18H13BrF2N2O2S/c1-13-5-7-14(8-6-13)21-22(16-4-2-3-11-27-16)31-18(28-21)12-30-17-10-9-15(24)19(20(17)25)23(26)29;1-9-2-4-10(5-3-9)16-17(19)26-13(23-16)8-25-12-7-6-11(20)14(15(12)21)18(22)24/h2-11H,12H2,1H3,(H2,26,29);2-7H,8H2,1H3,(H2,22,24). The van der Waals surface area contributed by atoms with E-state index in [1.54, 1.807) is 6.20 Å². The Labute approximate surface area is 340 Å². The fraction of sp³-hybridized carbons (Fsp3) is 0.0976. The van der Waals surface area contributed by atoms with Crippen molar-refractivity contribution in [3.8, 4) is 44.6 Å². The molecule has 3 heterocycles. The predicted octanol–water partition coefficient (Wildman–Crippen LogP) is 9.97. The Bertz CT molecular complexity index is 2570. The van der Waals surface area contributed by atoms with Crippen molar-refractivity contribution in [3.05, 3.63) is 157 Å². The number of thiazole rings is 2. The minimum absolute atomic E-state index is 0.0319. The van der Waals surface area contributed by atoms with Gasteiger partial charge in [0.25, 0.3) is 11.8 Å². The van der Waals surface area contributed by atoms with Crippen molar-refractivity contribution >= 4 is 50.4 Å². The van der Waals surface area contributed by atoms with E-state index in [0.29, 0.717) is 10.0 Å². The van der Waals surface area contributed by atoms with Gasteiger partial charge in [-0.15, -0.1) is 22.7 Å². The van der Waals surface area contributed by atoms with Crippen LogP contribution in [0.15, 0.2) is 101 Å². The number of primary amides is 2. The number of benzene rings is 4. The monoisotopic (exact) mass is 875 g/mol. The molecule has 0 saturated carbocycles. The third kappa shape index (κ3) is 9.53. The van der Waals surface area contributed by atoms with Crippen LogP contribution >= 0.6 is 38.6 Å². The second-order valence-electron chi connectivity index (χ2n) is 12.2. The Morgan fingerprint density at radius 1 is 0.649 bits per heavy atom. The highest BCUT2D eigenvalue weighted by molar-refractivity contribution is 9.11. The number of aryl methyl sites for hydroxylation is 2. The number of halogens is 5. The number of carbonyl (C=O) groups is 2. The lowest BCUT2D eigenvalue weighted by atomic mass is 10.1. The first-order valence-corrected chi connectivity index (χ1v) is 19.2. The third-order valence-electron chi connectivity index (χ3n) is 8.16. The van der Waals surface area contributed by atoms with Crippen LogP contribution in [0.25, 0.3) is 33.1 Å². The zero-order valence-electron chi connectivity index (χ0n) is 30.0. The van der Waals surface area contributed by atoms with Crippen LogP contribution in [0.1, 0.15) is 41.9 Å². The molecule has 4 aromatic carbocycles. The molecule has 57 heavy (non-hydrogen) atoms. The Hall–Kier alpha value is -5.97. The van der Waals surface area contributed by atoms with Crippen LogP contribution in [0.2, 0.25) is 0 Å². The molecule has 4 N–H and O–H groups in total. The van der Waals surface area contributed by atoms with E-state index in [4.69, 9.17) is 20.9 Å². The largest absolute Gasteiger partial charge is 0.483 e. The Morgan fingerprint density at radius 2 is 1.12 bits per heavy atom. The van der Waals surface area contributed by atoms with E-state index in [2.05, 4.69) is 30.9 Å². The topological polar surface area (TPSA) is 143 Å². The number of ether oxygens (including phenoxy) is 2. The van der Waals surface area contributed by atoms with Gasteiger partial charge in [0.05, 0.1) is 25.7 Å². The Balaban J connectivity index is 0.000000196. The first-order chi connectivity index (χ1) is 27.3. The molecule has 290 valence electrons. The fourth-order valence-corrected chi connectivity index (χ4v) is 7.89. The quantitative estimate of drug-likeness (QED) is 0.123. The maximum atomic E-state index is 14.4. The summed E-state index contributed by atoms with van der Waals surface area (Å²) < 4.78 is 67.5. The lowest BCUT2D eigenvalue weighted by molar-refractivity contribution is 0.0982. The number of aromatic nitrogens is 3. The SMILES string of the molecule is Cc1ccc(-c2nc(COc3ccc(F)c(C(N)=O)c3F)sc2-c2ccccn2)cc1.Cc1ccc(-c2nc(COc3ccc(F)c(C(N)=O)c3F)sc2Br)cc1. The first kappa shape index (κ1) is 40.7. The number of hydrogen-bond donors (Lipinski definition) is 2. The van der Waals surface area contributed by atoms with Crippen molar-refractivity contribution in [2.45, 2.75) is 27.1 Å². The number of nitrogens with zero attached hydrogens (tertiary/aromatic N) is 3. The molecule has 7 rings (SSSR count). The van der Waals surface area contributed by atoms with Gasteiger partial charge in [-0.05, 0) is 66.2 Å². The first-order valence-electron chi connectivity index (χ1n) is 16.8. The highest BCUT2D eigenvalue weighted by Crippen LogP contribution is 2.37. The molecule has 3 aromatic heterocycles. The molecule has 0 aliphatic heterocycles. The average molecular weight is 877 g/mol. The summed E-state index contributed by atoms with van der Waals surface area (Å²) in [7, 11) is 0. The van der Waals surface area contributed by atoms with Crippen LogP contribution in [-0.4, -0.2) is 26.8 Å². The number of nitrogens with two attached hydrogens (primary N) is 2. The molecule has 9 nitrogen and oxygen atoms in total. The third-order valence-corrected chi connectivity index (χ3v) is 10.9. The van der Waals surface area contributed by atoms with Gasteiger partial charge in [0.2, 0.25) is 0 Å². The van der Waals surface area contributed by atoms with Crippen LogP contribution < -0.4 is 20.9 Å². The fourth-order valence-electron chi connectivity index (χ4n) is 5.32. The maximum absolute atomic E-state index is 14.4. The molecule has 7 aromatic rings. The minimum atomic E-state index is -1.20. The molecule has 0 saturated heterocycles. The summed E-state index contributed by atoms with van der Waals surface area (Å²) in [6.07, 6.45) is 1.70. The van der Waals surface area contributed by atoms with E-state index in [-0.39, 0.29) is 24.7 Å². The van der Waals surface area contributed by atoms with Gasteiger partial charge in [0.15, 0.2) is 23.1 Å². The molecule has 0 bridgehead atoms. The lowest BCUT2D eigenvalue weighted by Gasteiger charge is -2.08. The molecule has 0 unspecified atom stereocenters. The van der Waals surface area contributed by atoms with E-state index < -0.39 is 46.2 Å². The molecule has 0 spiro atoms. The van der Waals surface area contributed by atoms with E-state index >= 15 is 0 Å². The average Bonchev–Trinajstić information content (AvgIpc) is 3.78. The van der Waals surface area contributed by atoms with E-state index in [1.165, 1.54) is 22.7 Å². The summed E-state index contributed by atoms with van der Waals surface area (Å²) in [6.45, 7) is 3.89. The number of carbonyl (C=O) groups excluding carboxylic acids is 2. The molecular weight excluding hydrogens is 847 g/mol. The van der Waals surface area contributed by atoms with E-state index in [9.17, 15) is 27.2 Å². The zero-order valence-corrected chi connectivity index (χ0v) is 33.2. The summed E-state index contributed by atoms with van der Waals surface area (Å²) in [5.41, 5.74) is 14.8. The van der Waals surface area contributed by atoms with Crippen molar-refractivity contribution in [1.29, 1.82) is 0 Å². The van der Waals surface area contributed by atoms with Crippen LogP contribution in [0.5, 0.6) is 11.5 Å². The number of pyridine rings is 1. The molecule has 2 amide bonds. The van der Waals surface area contributed by atoms with Gasteiger partial charge in [-0.1, -0.05) is 65.7 Å². The van der Waals surface area contributed by atoms with Crippen LogP contribution in [0.3, 0.4) is 0 Å². The van der Waals surface area contributed by atoms with Gasteiger partial charge in [-0.2, -0.15) is 0 Å². The molecule has 0 radical (unpaired) electrons. The van der Waals surface area contributed by atoms with E-state index in [1.807, 2.05) is 80.6 Å². The van der Waals surface area contributed by atoms with Gasteiger partial charge < -0.3 is 20.9 Å². The molecule has 0 aliphatic rings. The van der Waals surface area contributed by atoms with Crippen molar-refractivity contribution in [2.75, 3.05) is 0 Å². The highest BCUT2D eigenvalue weighted by atomic mass is 79.9. The summed E-state index contributed by atoms with van der Waals surface area (Å²) in [5, 5.41) is 1.16. The van der Waals surface area contributed by atoms with Crippen LogP contribution in [-0.2, 0) is 13.2 Å². The molecule has 0 atom stereocenters. The summed E-state index contributed by atoms with van der Waals surface area (Å²) in [6, 6.07) is 25.5.